The van der Waals surface area contributed by atoms with Crippen molar-refractivity contribution in [2.75, 3.05) is 19.6 Å². The van der Waals surface area contributed by atoms with E-state index in [1.54, 1.807) is 12.1 Å². The second-order valence-corrected chi connectivity index (χ2v) is 7.99. The maximum Gasteiger partial charge on any atom is 0.0917 e. The fraction of sp³-hybridized carbons (Fsp3) is 0.300. The van der Waals surface area contributed by atoms with Gasteiger partial charge in [-0.2, -0.15) is 0 Å². The highest BCUT2D eigenvalue weighted by Crippen LogP contribution is 2.39. The summed E-state index contributed by atoms with van der Waals surface area (Å²) in [5.74, 6) is 0. The van der Waals surface area contributed by atoms with Gasteiger partial charge in [-0.25, -0.2) is 0 Å². The molecule has 0 aromatic heterocycles. The molecule has 130 valence electrons. The van der Waals surface area contributed by atoms with Crippen LogP contribution in [0.25, 0.3) is 5.57 Å². The van der Waals surface area contributed by atoms with Gasteiger partial charge in [0.15, 0.2) is 0 Å². The Morgan fingerprint density at radius 2 is 1.88 bits per heavy atom. The monoisotopic (exact) mass is 393 g/mol. The molecule has 1 aliphatic carbocycles. The van der Waals surface area contributed by atoms with Crippen molar-refractivity contribution < 1.29 is 5.11 Å². The van der Waals surface area contributed by atoms with Crippen LogP contribution in [0, 0.1) is 0 Å². The number of benzene rings is 2. The summed E-state index contributed by atoms with van der Waals surface area (Å²) in [4.78, 5) is 2.31. The highest BCUT2D eigenvalue weighted by Gasteiger charge is 2.28. The van der Waals surface area contributed by atoms with Crippen LogP contribution in [-0.4, -0.2) is 29.6 Å². The first-order valence-corrected chi connectivity index (χ1v) is 9.49. The molecular weight excluding hydrogens is 377 g/mol. The van der Waals surface area contributed by atoms with Crippen molar-refractivity contribution in [3.63, 3.8) is 0 Å². The molecule has 2 aliphatic rings. The molecule has 5 heteroatoms. The molecule has 0 bridgehead atoms. The van der Waals surface area contributed by atoms with E-state index in [1.807, 2.05) is 12.1 Å². The number of nitrogens with zero attached hydrogens (tertiary/aromatic N) is 1. The average molecular weight is 395 g/mol. The third-order valence-corrected chi connectivity index (χ3v) is 6.05. The van der Waals surface area contributed by atoms with Crippen LogP contribution in [-0.2, 0) is 6.42 Å². The van der Waals surface area contributed by atoms with Crippen LogP contribution in [0.1, 0.15) is 29.2 Å². The Morgan fingerprint density at radius 3 is 2.68 bits per heavy atom. The zero-order valence-corrected chi connectivity index (χ0v) is 15.9. The summed E-state index contributed by atoms with van der Waals surface area (Å²) in [5.41, 5.74) is 6.37. The Hall–Kier alpha value is -1.03. The van der Waals surface area contributed by atoms with E-state index in [1.165, 1.54) is 22.3 Å². The molecule has 0 radical (unpaired) electrons. The minimum atomic E-state index is -0.574. The molecule has 1 aliphatic heterocycles. The first-order chi connectivity index (χ1) is 12.0. The number of aliphatic hydroxyl groups excluding tert-OH is 1. The Morgan fingerprint density at radius 1 is 1.04 bits per heavy atom. The zero-order valence-electron chi connectivity index (χ0n) is 13.6. The zero-order chi connectivity index (χ0) is 17.6. The van der Waals surface area contributed by atoms with E-state index in [0.29, 0.717) is 16.6 Å². The van der Waals surface area contributed by atoms with E-state index in [-0.39, 0.29) is 0 Å². The van der Waals surface area contributed by atoms with Gasteiger partial charge >= 0.3 is 0 Å². The second-order valence-electron chi connectivity index (χ2n) is 6.73. The van der Waals surface area contributed by atoms with Gasteiger partial charge in [-0.05, 0) is 64.9 Å². The van der Waals surface area contributed by atoms with E-state index in [0.717, 1.165) is 36.5 Å². The Balaban J connectivity index is 1.47. The molecule has 1 heterocycles. The first-order valence-electron chi connectivity index (χ1n) is 8.36. The standard InChI is InChI=1S/C20H18Cl3NO/c21-15-3-1-12-7-14-10-24(6-5-16(14)17(12)9-15)11-20(25)13-2-4-18(22)19(23)8-13/h1-4,8-9,20,25H,5-7,10-11H2. The highest BCUT2D eigenvalue weighted by molar-refractivity contribution is 6.42. The van der Waals surface area contributed by atoms with Crippen LogP contribution in [0.3, 0.4) is 0 Å². The summed E-state index contributed by atoms with van der Waals surface area (Å²) in [7, 11) is 0. The molecule has 1 atom stereocenters. The summed E-state index contributed by atoms with van der Waals surface area (Å²) in [6, 6.07) is 11.5. The second kappa shape index (κ2) is 6.94. The Bertz CT molecular complexity index is 862. The summed E-state index contributed by atoms with van der Waals surface area (Å²) < 4.78 is 0. The first kappa shape index (κ1) is 17.4. The molecule has 0 fully saturated rings. The normalized spacial score (nSPS) is 18.2. The van der Waals surface area contributed by atoms with Gasteiger partial charge in [-0.15, -0.1) is 0 Å². The van der Waals surface area contributed by atoms with Crippen LogP contribution >= 0.6 is 34.8 Å². The summed E-state index contributed by atoms with van der Waals surface area (Å²) in [6.07, 6.45) is 1.41. The number of halogens is 3. The lowest BCUT2D eigenvalue weighted by molar-refractivity contribution is 0.117. The van der Waals surface area contributed by atoms with E-state index in [4.69, 9.17) is 34.8 Å². The minimum absolute atomic E-state index is 0.477. The highest BCUT2D eigenvalue weighted by atomic mass is 35.5. The van der Waals surface area contributed by atoms with E-state index in [9.17, 15) is 5.11 Å². The molecular formula is C20H18Cl3NO. The Kier molecular flexibility index (Phi) is 4.83. The number of aliphatic hydroxyl groups is 1. The van der Waals surface area contributed by atoms with Crippen LogP contribution in [0.2, 0.25) is 15.1 Å². The van der Waals surface area contributed by atoms with Gasteiger partial charge in [0.2, 0.25) is 0 Å². The fourth-order valence-electron chi connectivity index (χ4n) is 3.82. The topological polar surface area (TPSA) is 23.5 Å². The molecule has 2 aromatic rings. The van der Waals surface area contributed by atoms with E-state index in [2.05, 4.69) is 17.0 Å². The third-order valence-electron chi connectivity index (χ3n) is 5.08. The van der Waals surface area contributed by atoms with Crippen molar-refractivity contribution in [1.82, 2.24) is 4.90 Å². The molecule has 0 saturated carbocycles. The predicted molar refractivity (Wildman–Crippen MR) is 105 cm³/mol. The maximum absolute atomic E-state index is 10.6. The summed E-state index contributed by atoms with van der Waals surface area (Å²) in [5, 5.41) is 12.3. The van der Waals surface area contributed by atoms with Gasteiger partial charge in [0.1, 0.15) is 0 Å². The lowest BCUT2D eigenvalue weighted by Gasteiger charge is -2.30. The molecule has 2 nitrogen and oxygen atoms in total. The van der Waals surface area contributed by atoms with Crippen molar-refractivity contribution >= 4 is 40.4 Å². The molecule has 1 unspecified atom stereocenters. The molecule has 0 saturated heterocycles. The van der Waals surface area contributed by atoms with Crippen molar-refractivity contribution in [2.45, 2.75) is 18.9 Å². The number of β-amino-alcohol motifs (C(OH)–C–C–N with tert-alkyl or cyclic N) is 1. The van der Waals surface area contributed by atoms with Crippen molar-refractivity contribution in [2.24, 2.45) is 0 Å². The molecule has 0 amide bonds. The van der Waals surface area contributed by atoms with Gasteiger partial charge in [-0.1, -0.05) is 46.9 Å². The summed E-state index contributed by atoms with van der Waals surface area (Å²) in [6.45, 7) is 2.41. The quantitative estimate of drug-likeness (QED) is 0.754. The van der Waals surface area contributed by atoms with Crippen LogP contribution in [0.5, 0.6) is 0 Å². The lowest BCUT2D eigenvalue weighted by atomic mass is 9.98. The molecule has 25 heavy (non-hydrogen) atoms. The van der Waals surface area contributed by atoms with Gasteiger partial charge in [0.25, 0.3) is 0 Å². The molecule has 2 aromatic carbocycles. The average Bonchev–Trinajstić information content (AvgIpc) is 2.94. The van der Waals surface area contributed by atoms with Gasteiger partial charge < -0.3 is 5.11 Å². The predicted octanol–water partition coefficient (Wildman–Crippen LogP) is 5.40. The van der Waals surface area contributed by atoms with Crippen LogP contribution in [0.4, 0.5) is 0 Å². The smallest absolute Gasteiger partial charge is 0.0917 e. The fourth-order valence-corrected chi connectivity index (χ4v) is 4.30. The number of rotatable bonds is 3. The molecule has 1 N–H and O–H groups in total. The minimum Gasteiger partial charge on any atom is -0.387 e. The van der Waals surface area contributed by atoms with Crippen LogP contribution in [0.15, 0.2) is 42.0 Å². The lowest BCUT2D eigenvalue weighted by Crippen LogP contribution is -2.34. The van der Waals surface area contributed by atoms with E-state index < -0.39 is 6.10 Å². The van der Waals surface area contributed by atoms with Gasteiger partial charge in [0.05, 0.1) is 16.1 Å². The van der Waals surface area contributed by atoms with Gasteiger partial charge in [-0.3, -0.25) is 4.90 Å². The number of hydrogen-bond acceptors (Lipinski definition) is 2. The van der Waals surface area contributed by atoms with Crippen molar-refractivity contribution in [1.29, 1.82) is 0 Å². The SMILES string of the molecule is OC(CN1CCC2=C(Cc3ccc(Cl)cc32)C1)c1ccc(Cl)c(Cl)c1. The third kappa shape index (κ3) is 3.47. The molecule has 0 spiro atoms. The number of hydrogen-bond donors (Lipinski definition) is 1. The Labute approximate surface area is 162 Å². The summed E-state index contributed by atoms with van der Waals surface area (Å²) >= 11 is 18.2. The van der Waals surface area contributed by atoms with Gasteiger partial charge in [0, 0.05) is 24.7 Å². The van der Waals surface area contributed by atoms with Crippen LogP contribution < -0.4 is 0 Å². The maximum atomic E-state index is 10.6. The largest absolute Gasteiger partial charge is 0.387 e. The van der Waals surface area contributed by atoms with Crippen molar-refractivity contribution in [3.8, 4) is 0 Å². The van der Waals surface area contributed by atoms with E-state index >= 15 is 0 Å². The number of fused-ring (bicyclic) bond motifs is 2. The molecule has 4 rings (SSSR count). The van der Waals surface area contributed by atoms with Crippen molar-refractivity contribution in [3.05, 3.63) is 73.7 Å².